The van der Waals surface area contributed by atoms with Gasteiger partial charge in [0.1, 0.15) is 0 Å². The van der Waals surface area contributed by atoms with Gasteiger partial charge in [-0.3, -0.25) is 9.78 Å². The molecule has 0 bridgehead atoms. The number of amides is 1. The maximum Gasteiger partial charge on any atom is 0.339 e. The van der Waals surface area contributed by atoms with E-state index >= 15 is 0 Å². The molecule has 31 heavy (non-hydrogen) atoms. The van der Waals surface area contributed by atoms with Crippen LogP contribution in [0.4, 0.5) is 5.69 Å². The summed E-state index contributed by atoms with van der Waals surface area (Å²) in [7, 11) is 0. The fraction of sp³-hybridized carbons (Fsp3) is 0.120. The van der Waals surface area contributed by atoms with Crippen LogP contribution in [0.15, 0.2) is 79.1 Å². The highest BCUT2D eigenvalue weighted by Crippen LogP contribution is 2.25. The van der Waals surface area contributed by atoms with Crippen LogP contribution >= 0.6 is 0 Å². The number of carbonyl (C=O) groups excluding carboxylic acids is 2. The number of aryl methyl sites for hydroxylation is 1. The topological polar surface area (TPSA) is 81.2 Å². The first-order valence-corrected chi connectivity index (χ1v) is 9.90. The van der Waals surface area contributed by atoms with Gasteiger partial charge in [-0.25, -0.2) is 9.78 Å². The third-order valence-electron chi connectivity index (χ3n) is 4.97. The molecule has 6 heteroatoms. The summed E-state index contributed by atoms with van der Waals surface area (Å²) in [5, 5.41) is 3.47. The molecule has 0 saturated heterocycles. The smallest absolute Gasteiger partial charge is 0.339 e. The largest absolute Gasteiger partial charge is 0.449 e. The molecule has 2 heterocycles. The Balaban J connectivity index is 1.61. The van der Waals surface area contributed by atoms with Crippen LogP contribution in [0.2, 0.25) is 0 Å². The monoisotopic (exact) mass is 411 g/mol. The number of ether oxygens (including phenoxy) is 1. The zero-order chi connectivity index (χ0) is 21.8. The van der Waals surface area contributed by atoms with E-state index < -0.39 is 18.0 Å². The summed E-state index contributed by atoms with van der Waals surface area (Å²) in [5.41, 5.74) is 4.10. The van der Waals surface area contributed by atoms with Crippen molar-refractivity contribution in [1.82, 2.24) is 9.97 Å². The Labute approximate surface area is 179 Å². The molecular weight excluding hydrogens is 390 g/mol. The highest BCUT2D eigenvalue weighted by atomic mass is 16.5. The highest BCUT2D eigenvalue weighted by Gasteiger charge is 2.22. The molecule has 4 rings (SSSR count). The van der Waals surface area contributed by atoms with E-state index in [-0.39, 0.29) is 0 Å². The van der Waals surface area contributed by atoms with Crippen molar-refractivity contribution < 1.29 is 14.3 Å². The standard InChI is InChI=1S/C25H21N3O3/c1-16-7-3-5-9-21(16)28-24(29)17(2)31-25(30)20-15-23(18-11-13-26-14-12-18)27-22-10-6-4-8-19(20)22/h3-15,17H,1-2H3,(H,28,29). The molecule has 2 aromatic carbocycles. The van der Waals surface area contributed by atoms with Crippen LogP contribution in [0.3, 0.4) is 0 Å². The molecule has 0 aliphatic rings. The Bertz CT molecular complexity index is 1260. The molecule has 0 spiro atoms. The number of benzene rings is 2. The Morgan fingerprint density at radius 3 is 2.45 bits per heavy atom. The van der Waals surface area contributed by atoms with Gasteiger partial charge in [-0.2, -0.15) is 0 Å². The first-order valence-electron chi connectivity index (χ1n) is 9.90. The van der Waals surface area contributed by atoms with Crippen LogP contribution in [0.5, 0.6) is 0 Å². The maximum absolute atomic E-state index is 13.0. The van der Waals surface area contributed by atoms with Crippen molar-refractivity contribution in [2.45, 2.75) is 20.0 Å². The van der Waals surface area contributed by atoms with Gasteiger partial charge in [0.05, 0.1) is 16.8 Å². The molecule has 1 atom stereocenters. The molecule has 1 N–H and O–H groups in total. The fourth-order valence-electron chi connectivity index (χ4n) is 3.24. The molecule has 1 unspecified atom stereocenters. The SMILES string of the molecule is Cc1ccccc1NC(=O)C(C)OC(=O)c1cc(-c2ccncc2)nc2ccccc12. The lowest BCUT2D eigenvalue weighted by molar-refractivity contribution is -0.123. The summed E-state index contributed by atoms with van der Waals surface area (Å²) in [6.45, 7) is 3.45. The molecule has 0 saturated carbocycles. The predicted octanol–water partition coefficient (Wildman–Crippen LogP) is 4.79. The van der Waals surface area contributed by atoms with E-state index in [2.05, 4.69) is 15.3 Å². The molecule has 154 valence electrons. The normalized spacial score (nSPS) is 11.7. The zero-order valence-electron chi connectivity index (χ0n) is 17.2. The Morgan fingerprint density at radius 2 is 1.68 bits per heavy atom. The van der Waals surface area contributed by atoms with Gasteiger partial charge in [-0.15, -0.1) is 0 Å². The van der Waals surface area contributed by atoms with Gasteiger partial charge >= 0.3 is 5.97 Å². The number of esters is 1. The summed E-state index contributed by atoms with van der Waals surface area (Å²) in [4.78, 5) is 34.3. The fourth-order valence-corrected chi connectivity index (χ4v) is 3.24. The second-order valence-electron chi connectivity index (χ2n) is 7.16. The van der Waals surface area contributed by atoms with Crippen LogP contribution < -0.4 is 5.32 Å². The minimum absolute atomic E-state index is 0.355. The number of carbonyl (C=O) groups is 2. The summed E-state index contributed by atoms with van der Waals surface area (Å²) in [6.07, 6.45) is 2.37. The molecule has 4 aromatic rings. The number of pyridine rings is 2. The zero-order valence-corrected chi connectivity index (χ0v) is 17.2. The number of rotatable bonds is 5. The Hall–Kier alpha value is -4.06. The van der Waals surface area contributed by atoms with Gasteiger partial charge in [-0.05, 0) is 49.7 Å². The summed E-state index contributed by atoms with van der Waals surface area (Å²) in [6, 6.07) is 20.1. The minimum atomic E-state index is -0.969. The van der Waals surface area contributed by atoms with Gasteiger partial charge in [0.25, 0.3) is 5.91 Å². The molecule has 1 amide bonds. The molecule has 0 aliphatic heterocycles. The van der Waals surface area contributed by atoms with Gasteiger partial charge in [0.2, 0.25) is 0 Å². The van der Waals surface area contributed by atoms with Gasteiger partial charge < -0.3 is 10.1 Å². The van der Waals surface area contributed by atoms with Crippen molar-refractivity contribution in [3.8, 4) is 11.3 Å². The number of para-hydroxylation sites is 2. The maximum atomic E-state index is 13.0. The molecule has 0 fully saturated rings. The highest BCUT2D eigenvalue weighted by molar-refractivity contribution is 6.06. The third-order valence-corrected chi connectivity index (χ3v) is 4.97. The first-order chi connectivity index (χ1) is 15.0. The second-order valence-corrected chi connectivity index (χ2v) is 7.16. The van der Waals surface area contributed by atoms with E-state index in [9.17, 15) is 9.59 Å². The number of hydrogen-bond donors (Lipinski definition) is 1. The van der Waals surface area contributed by atoms with Gasteiger partial charge in [-0.1, -0.05) is 36.4 Å². The quantitative estimate of drug-likeness (QED) is 0.478. The lowest BCUT2D eigenvalue weighted by Crippen LogP contribution is -2.30. The second kappa shape index (κ2) is 8.75. The number of nitrogens with one attached hydrogen (secondary N) is 1. The van der Waals surface area contributed by atoms with E-state index in [1.165, 1.54) is 0 Å². The number of hydrogen-bond acceptors (Lipinski definition) is 5. The molecule has 6 nitrogen and oxygen atoms in total. The average Bonchev–Trinajstić information content (AvgIpc) is 2.80. The van der Waals surface area contributed by atoms with Crippen molar-refractivity contribution in [3.63, 3.8) is 0 Å². The van der Waals surface area contributed by atoms with E-state index in [4.69, 9.17) is 4.74 Å². The summed E-state index contributed by atoms with van der Waals surface area (Å²) >= 11 is 0. The first kappa shape index (κ1) is 20.2. The number of fused-ring (bicyclic) bond motifs is 1. The Morgan fingerprint density at radius 1 is 0.968 bits per heavy atom. The lowest BCUT2D eigenvalue weighted by Gasteiger charge is -2.16. The van der Waals surface area contributed by atoms with Crippen molar-refractivity contribution in [2.75, 3.05) is 5.32 Å². The third kappa shape index (κ3) is 4.43. The van der Waals surface area contributed by atoms with E-state index in [0.717, 1.165) is 11.1 Å². The van der Waals surface area contributed by atoms with E-state index in [1.807, 2.05) is 61.5 Å². The van der Waals surface area contributed by atoms with Crippen molar-refractivity contribution in [1.29, 1.82) is 0 Å². The minimum Gasteiger partial charge on any atom is -0.449 e. The van der Waals surface area contributed by atoms with Crippen LogP contribution in [0.25, 0.3) is 22.2 Å². The van der Waals surface area contributed by atoms with Crippen molar-refractivity contribution in [2.24, 2.45) is 0 Å². The van der Waals surface area contributed by atoms with Crippen LogP contribution in [-0.2, 0) is 9.53 Å². The van der Waals surface area contributed by atoms with Crippen LogP contribution in [0, 0.1) is 6.92 Å². The molecular formula is C25H21N3O3. The Kier molecular flexibility index (Phi) is 5.71. The number of nitrogens with zero attached hydrogens (tertiary/aromatic N) is 2. The van der Waals surface area contributed by atoms with Crippen molar-refractivity contribution >= 4 is 28.5 Å². The average molecular weight is 411 g/mol. The van der Waals surface area contributed by atoms with Gasteiger partial charge in [0, 0.05) is 29.0 Å². The summed E-state index contributed by atoms with van der Waals surface area (Å²) < 4.78 is 5.52. The van der Waals surface area contributed by atoms with E-state index in [0.29, 0.717) is 27.8 Å². The molecule has 0 radical (unpaired) electrons. The lowest BCUT2D eigenvalue weighted by atomic mass is 10.0. The van der Waals surface area contributed by atoms with Crippen LogP contribution in [-0.4, -0.2) is 27.9 Å². The number of aromatic nitrogens is 2. The predicted molar refractivity (Wildman–Crippen MR) is 120 cm³/mol. The van der Waals surface area contributed by atoms with Crippen LogP contribution in [0.1, 0.15) is 22.8 Å². The molecule has 0 aliphatic carbocycles. The molecule has 2 aromatic heterocycles. The van der Waals surface area contributed by atoms with Crippen molar-refractivity contribution in [3.05, 3.63) is 90.3 Å². The van der Waals surface area contributed by atoms with Gasteiger partial charge in [0.15, 0.2) is 6.10 Å². The van der Waals surface area contributed by atoms with E-state index in [1.54, 1.807) is 31.5 Å². The summed E-state index contributed by atoms with van der Waals surface area (Å²) in [5.74, 6) is -0.975. The number of anilines is 1.